The molecule has 36 heavy (non-hydrogen) atoms. The minimum atomic E-state index is -5.03. The fourth-order valence-electron chi connectivity index (χ4n) is 4.07. The van der Waals surface area contributed by atoms with E-state index in [-0.39, 0.29) is 31.6 Å². The zero-order valence-electron chi connectivity index (χ0n) is 19.5. The van der Waals surface area contributed by atoms with Crippen molar-refractivity contribution in [2.24, 2.45) is 0 Å². The molecule has 0 bridgehead atoms. The number of nitrogens with zero attached hydrogens (tertiary/aromatic N) is 2. The minimum absolute atomic E-state index is 0.0448. The van der Waals surface area contributed by atoms with Crippen LogP contribution in [0.25, 0.3) is 0 Å². The number of carbonyl (C=O) groups is 2. The van der Waals surface area contributed by atoms with Crippen molar-refractivity contribution in [2.45, 2.75) is 31.6 Å². The highest BCUT2D eigenvalue weighted by atomic mass is 19.4. The number of hydrogen-bond donors (Lipinski definition) is 1. The largest absolute Gasteiger partial charge is 0.416 e. The Labute approximate surface area is 205 Å². The molecule has 3 rings (SSSR count). The monoisotopic (exact) mass is 515 g/mol. The lowest BCUT2D eigenvalue weighted by atomic mass is 10.00. The number of hydrogen-bond acceptors (Lipinski definition) is 3. The molecule has 2 aromatic rings. The standard InChI is InChI=1S/C25H27F6N3O2/c26-24(27,28)20-8-7-19(21(16-20)25(29,30)31)15-23(36)34-12-4-11-33(13-14-34)17-22(35)32-10-9-18-5-2-1-3-6-18/h1-3,5-8,16H,4,9-15,17H2,(H,32,35). The summed E-state index contributed by atoms with van der Waals surface area (Å²) in [6.45, 7) is 2.00. The molecule has 1 heterocycles. The van der Waals surface area contributed by atoms with Crippen molar-refractivity contribution in [1.29, 1.82) is 0 Å². The van der Waals surface area contributed by atoms with E-state index in [2.05, 4.69) is 5.32 Å². The molecular formula is C25H27F6N3O2. The zero-order chi connectivity index (χ0) is 26.3. The van der Waals surface area contributed by atoms with Gasteiger partial charge in [-0.3, -0.25) is 14.5 Å². The number of rotatable bonds is 7. The number of carbonyl (C=O) groups excluding carboxylic acids is 2. The van der Waals surface area contributed by atoms with Gasteiger partial charge in [-0.1, -0.05) is 36.4 Å². The Bertz CT molecular complexity index is 1040. The summed E-state index contributed by atoms with van der Waals surface area (Å²) in [5.74, 6) is -0.764. The second kappa shape index (κ2) is 11.8. The molecule has 1 N–H and O–H groups in total. The molecule has 0 saturated carbocycles. The topological polar surface area (TPSA) is 52.7 Å². The Hall–Kier alpha value is -3.08. The van der Waals surface area contributed by atoms with Crippen LogP contribution in [0.1, 0.15) is 28.7 Å². The molecule has 1 aliphatic heterocycles. The summed E-state index contributed by atoms with van der Waals surface area (Å²) < 4.78 is 78.8. The fraction of sp³-hybridized carbons (Fsp3) is 0.440. The van der Waals surface area contributed by atoms with E-state index in [1.54, 1.807) is 0 Å². The lowest BCUT2D eigenvalue weighted by molar-refractivity contribution is -0.143. The van der Waals surface area contributed by atoms with Crippen molar-refractivity contribution >= 4 is 11.8 Å². The molecule has 11 heteroatoms. The van der Waals surface area contributed by atoms with E-state index in [9.17, 15) is 35.9 Å². The van der Waals surface area contributed by atoms with Gasteiger partial charge in [0, 0.05) is 32.7 Å². The minimum Gasteiger partial charge on any atom is -0.355 e. The predicted molar refractivity (Wildman–Crippen MR) is 121 cm³/mol. The normalized spacial score (nSPS) is 15.4. The van der Waals surface area contributed by atoms with Gasteiger partial charge in [-0.15, -0.1) is 0 Å². The Balaban J connectivity index is 1.53. The molecule has 0 unspecified atom stereocenters. The van der Waals surface area contributed by atoms with E-state index < -0.39 is 41.4 Å². The summed E-state index contributed by atoms with van der Waals surface area (Å²) in [4.78, 5) is 28.3. The first-order valence-corrected chi connectivity index (χ1v) is 11.5. The van der Waals surface area contributed by atoms with Crippen molar-refractivity contribution in [1.82, 2.24) is 15.1 Å². The fourth-order valence-corrected chi connectivity index (χ4v) is 4.07. The molecule has 1 saturated heterocycles. The van der Waals surface area contributed by atoms with Crippen molar-refractivity contribution < 1.29 is 35.9 Å². The molecule has 0 aliphatic carbocycles. The van der Waals surface area contributed by atoms with Crippen molar-refractivity contribution in [3.05, 3.63) is 70.8 Å². The van der Waals surface area contributed by atoms with E-state index in [4.69, 9.17) is 0 Å². The molecule has 5 nitrogen and oxygen atoms in total. The van der Waals surface area contributed by atoms with Gasteiger partial charge in [-0.2, -0.15) is 26.3 Å². The summed E-state index contributed by atoms with van der Waals surface area (Å²) in [5.41, 5.74) is -2.28. The van der Waals surface area contributed by atoms with Crippen LogP contribution in [-0.4, -0.2) is 60.9 Å². The first kappa shape index (κ1) is 27.5. The lowest BCUT2D eigenvalue weighted by Gasteiger charge is -2.23. The van der Waals surface area contributed by atoms with Crippen LogP contribution < -0.4 is 5.32 Å². The second-order valence-corrected chi connectivity index (χ2v) is 8.64. The number of amides is 2. The SMILES string of the molecule is O=C(CN1CCCN(C(=O)Cc2ccc(C(F)(F)F)cc2C(F)(F)F)CC1)NCCc1ccccc1. The summed E-state index contributed by atoms with van der Waals surface area (Å²) in [6, 6.07) is 11.0. The third-order valence-electron chi connectivity index (χ3n) is 5.97. The number of halogens is 6. The molecule has 0 atom stereocenters. The van der Waals surface area contributed by atoms with Gasteiger partial charge >= 0.3 is 12.4 Å². The van der Waals surface area contributed by atoms with Gasteiger partial charge in [0.15, 0.2) is 0 Å². The second-order valence-electron chi connectivity index (χ2n) is 8.64. The smallest absolute Gasteiger partial charge is 0.355 e. The third kappa shape index (κ3) is 7.97. The third-order valence-corrected chi connectivity index (χ3v) is 5.97. The van der Waals surface area contributed by atoms with E-state index in [1.807, 2.05) is 35.2 Å². The van der Waals surface area contributed by atoms with Gasteiger partial charge in [-0.05, 0) is 36.1 Å². The van der Waals surface area contributed by atoms with E-state index in [0.717, 1.165) is 5.56 Å². The Morgan fingerprint density at radius 2 is 1.58 bits per heavy atom. The molecule has 1 aliphatic rings. The van der Waals surface area contributed by atoms with Crippen LogP contribution in [0.15, 0.2) is 48.5 Å². The van der Waals surface area contributed by atoms with Gasteiger partial charge in [0.25, 0.3) is 0 Å². The number of alkyl halides is 6. The van der Waals surface area contributed by atoms with Crippen molar-refractivity contribution in [3.8, 4) is 0 Å². The molecule has 196 valence electrons. The Morgan fingerprint density at radius 3 is 2.25 bits per heavy atom. The van der Waals surface area contributed by atoms with Crippen molar-refractivity contribution in [2.75, 3.05) is 39.3 Å². The zero-order valence-corrected chi connectivity index (χ0v) is 19.5. The highest BCUT2D eigenvalue weighted by molar-refractivity contribution is 5.79. The van der Waals surface area contributed by atoms with Crippen LogP contribution in [-0.2, 0) is 34.8 Å². The number of nitrogens with one attached hydrogen (secondary N) is 1. The quantitative estimate of drug-likeness (QED) is 0.564. The van der Waals surface area contributed by atoms with Crippen LogP contribution in [0, 0.1) is 0 Å². The molecule has 2 aromatic carbocycles. The number of benzene rings is 2. The van der Waals surface area contributed by atoms with Gasteiger partial charge in [0.05, 0.1) is 24.1 Å². The van der Waals surface area contributed by atoms with E-state index in [0.29, 0.717) is 44.6 Å². The van der Waals surface area contributed by atoms with Crippen molar-refractivity contribution in [3.63, 3.8) is 0 Å². The van der Waals surface area contributed by atoms with Gasteiger partial charge in [0.1, 0.15) is 0 Å². The van der Waals surface area contributed by atoms with Crippen LogP contribution >= 0.6 is 0 Å². The molecule has 1 fully saturated rings. The summed E-state index contributed by atoms with van der Waals surface area (Å²) in [6.07, 6.45) is -9.40. The predicted octanol–water partition coefficient (Wildman–Crippen LogP) is 4.16. The van der Waals surface area contributed by atoms with E-state index in [1.165, 1.54) is 4.90 Å². The molecular weight excluding hydrogens is 488 g/mol. The van der Waals surface area contributed by atoms with Gasteiger partial charge in [0.2, 0.25) is 11.8 Å². The first-order chi connectivity index (χ1) is 16.9. The average molecular weight is 515 g/mol. The maximum absolute atomic E-state index is 13.4. The highest BCUT2D eigenvalue weighted by Crippen LogP contribution is 2.37. The average Bonchev–Trinajstić information content (AvgIpc) is 3.04. The maximum atomic E-state index is 13.4. The Morgan fingerprint density at radius 1 is 0.861 bits per heavy atom. The van der Waals surface area contributed by atoms with Gasteiger partial charge in [-0.25, -0.2) is 0 Å². The summed E-state index contributed by atoms with van der Waals surface area (Å²) in [7, 11) is 0. The van der Waals surface area contributed by atoms with Crippen LogP contribution in [0.5, 0.6) is 0 Å². The lowest BCUT2D eigenvalue weighted by Crippen LogP contribution is -2.40. The molecule has 0 aromatic heterocycles. The van der Waals surface area contributed by atoms with Crippen LogP contribution in [0.4, 0.5) is 26.3 Å². The highest BCUT2D eigenvalue weighted by Gasteiger charge is 2.38. The molecule has 0 radical (unpaired) electrons. The summed E-state index contributed by atoms with van der Waals surface area (Å²) >= 11 is 0. The maximum Gasteiger partial charge on any atom is 0.416 e. The van der Waals surface area contributed by atoms with E-state index >= 15 is 0 Å². The van der Waals surface area contributed by atoms with Gasteiger partial charge < -0.3 is 10.2 Å². The molecule has 2 amide bonds. The van der Waals surface area contributed by atoms with Crippen LogP contribution in [0.3, 0.4) is 0 Å². The first-order valence-electron chi connectivity index (χ1n) is 11.5. The summed E-state index contributed by atoms with van der Waals surface area (Å²) in [5, 5.41) is 2.85. The molecule has 0 spiro atoms. The Kier molecular flexibility index (Phi) is 8.99. The van der Waals surface area contributed by atoms with Crippen LogP contribution in [0.2, 0.25) is 0 Å².